The summed E-state index contributed by atoms with van der Waals surface area (Å²) in [7, 11) is 0. The zero-order valence-electron chi connectivity index (χ0n) is 12.1. The molecule has 112 valence electrons. The molecule has 1 heterocycles. The van der Waals surface area contributed by atoms with Crippen molar-refractivity contribution in [3.8, 4) is 11.3 Å². The fourth-order valence-corrected chi connectivity index (χ4v) is 1.82. The predicted octanol–water partition coefficient (Wildman–Crippen LogP) is 2.02. The summed E-state index contributed by atoms with van der Waals surface area (Å²) in [5.74, 6) is 1.27. The molecular formula is C16H20N2O3. The van der Waals surface area contributed by atoms with E-state index in [1.54, 1.807) is 6.20 Å². The lowest BCUT2D eigenvalue weighted by Gasteiger charge is -2.08. The molecule has 1 atom stereocenters. The Morgan fingerprint density at radius 2 is 2.14 bits per heavy atom. The second-order valence-corrected chi connectivity index (χ2v) is 5.08. The molecule has 1 unspecified atom stereocenters. The van der Waals surface area contributed by atoms with Gasteiger partial charge in [0.25, 0.3) is 0 Å². The minimum absolute atomic E-state index is 0.0604. The number of hydrogen-bond acceptors (Lipinski definition) is 4. The maximum atomic E-state index is 11.7. The minimum atomic E-state index is -0.0604. The van der Waals surface area contributed by atoms with Crippen LogP contribution < -0.4 is 5.32 Å². The number of aromatic nitrogens is 1. The predicted molar refractivity (Wildman–Crippen MR) is 79.5 cm³/mol. The molecule has 0 saturated heterocycles. The first-order valence-electron chi connectivity index (χ1n) is 7.06. The van der Waals surface area contributed by atoms with Gasteiger partial charge in [0.2, 0.25) is 5.91 Å². The lowest BCUT2D eigenvalue weighted by molar-refractivity contribution is -0.121. The third kappa shape index (κ3) is 4.72. The average Bonchev–Trinajstić information content (AvgIpc) is 3.00. The number of amides is 1. The Hall–Kier alpha value is -2.14. The minimum Gasteiger partial charge on any atom is -0.441 e. The molecular weight excluding hydrogens is 268 g/mol. The van der Waals surface area contributed by atoms with E-state index in [1.807, 2.05) is 37.3 Å². The molecule has 5 heteroatoms. The zero-order valence-corrected chi connectivity index (χ0v) is 12.1. The average molecular weight is 288 g/mol. The van der Waals surface area contributed by atoms with E-state index in [9.17, 15) is 4.79 Å². The van der Waals surface area contributed by atoms with Crippen LogP contribution in [-0.2, 0) is 11.2 Å². The lowest BCUT2D eigenvalue weighted by atomic mass is 10.2. The maximum absolute atomic E-state index is 11.7. The van der Waals surface area contributed by atoms with Gasteiger partial charge in [-0.3, -0.25) is 4.79 Å². The first-order chi connectivity index (χ1) is 10.2. The van der Waals surface area contributed by atoms with Gasteiger partial charge in [0.1, 0.15) is 0 Å². The van der Waals surface area contributed by atoms with Crippen LogP contribution in [0.1, 0.15) is 19.2 Å². The van der Waals surface area contributed by atoms with Gasteiger partial charge in [-0.1, -0.05) is 37.3 Å². The van der Waals surface area contributed by atoms with Crippen LogP contribution in [0.15, 0.2) is 40.9 Å². The van der Waals surface area contributed by atoms with Crippen LogP contribution in [0.4, 0.5) is 0 Å². The second-order valence-electron chi connectivity index (χ2n) is 5.08. The second kappa shape index (κ2) is 7.59. The number of aliphatic hydroxyl groups is 1. The number of benzene rings is 1. The maximum Gasteiger partial charge on any atom is 0.220 e. The van der Waals surface area contributed by atoms with Crippen LogP contribution in [0.5, 0.6) is 0 Å². The molecule has 5 nitrogen and oxygen atoms in total. The van der Waals surface area contributed by atoms with Crippen LogP contribution >= 0.6 is 0 Å². The normalized spacial score (nSPS) is 12.1. The third-order valence-electron chi connectivity index (χ3n) is 3.14. The van der Waals surface area contributed by atoms with Gasteiger partial charge in [-0.05, 0) is 5.92 Å². The Morgan fingerprint density at radius 3 is 2.86 bits per heavy atom. The van der Waals surface area contributed by atoms with Crippen LogP contribution in [0.3, 0.4) is 0 Å². The first kappa shape index (κ1) is 15.3. The number of carbonyl (C=O) groups is 1. The van der Waals surface area contributed by atoms with E-state index >= 15 is 0 Å². The zero-order chi connectivity index (χ0) is 15.1. The highest BCUT2D eigenvalue weighted by atomic mass is 16.4. The van der Waals surface area contributed by atoms with E-state index in [-0.39, 0.29) is 18.4 Å². The summed E-state index contributed by atoms with van der Waals surface area (Å²) in [5, 5.41) is 11.7. The first-order valence-corrected chi connectivity index (χ1v) is 7.06. The largest absolute Gasteiger partial charge is 0.441 e. The fraction of sp³-hybridized carbons (Fsp3) is 0.375. The number of rotatable bonds is 7. The van der Waals surface area contributed by atoms with Gasteiger partial charge in [-0.25, -0.2) is 4.98 Å². The molecule has 0 radical (unpaired) electrons. The molecule has 0 aliphatic rings. The number of carbonyl (C=O) groups excluding carboxylic acids is 1. The van der Waals surface area contributed by atoms with E-state index in [0.29, 0.717) is 31.0 Å². The highest BCUT2D eigenvalue weighted by molar-refractivity contribution is 5.76. The molecule has 1 aromatic heterocycles. The van der Waals surface area contributed by atoms with Gasteiger partial charge in [0, 0.05) is 31.6 Å². The molecule has 1 amide bonds. The van der Waals surface area contributed by atoms with Gasteiger partial charge in [-0.2, -0.15) is 0 Å². The Morgan fingerprint density at radius 1 is 1.38 bits per heavy atom. The van der Waals surface area contributed by atoms with Crippen molar-refractivity contribution in [3.63, 3.8) is 0 Å². The number of aliphatic hydroxyl groups excluding tert-OH is 1. The Bertz CT molecular complexity index is 566. The molecule has 0 spiro atoms. The van der Waals surface area contributed by atoms with Crippen molar-refractivity contribution < 1.29 is 14.3 Å². The number of oxazole rings is 1. The van der Waals surface area contributed by atoms with E-state index in [4.69, 9.17) is 9.52 Å². The number of nitrogens with one attached hydrogen (secondary N) is 1. The topological polar surface area (TPSA) is 75.4 Å². The summed E-state index contributed by atoms with van der Waals surface area (Å²) in [4.78, 5) is 15.8. The molecule has 21 heavy (non-hydrogen) atoms. The summed E-state index contributed by atoms with van der Waals surface area (Å²) < 4.78 is 5.64. The highest BCUT2D eigenvalue weighted by Gasteiger charge is 2.09. The van der Waals surface area contributed by atoms with Crippen molar-refractivity contribution >= 4 is 5.91 Å². The van der Waals surface area contributed by atoms with Gasteiger partial charge >= 0.3 is 0 Å². The SMILES string of the molecule is CC(CO)CNC(=O)CCc1ncc(-c2ccccc2)o1. The smallest absolute Gasteiger partial charge is 0.220 e. The number of aryl methyl sites for hydroxylation is 1. The van der Waals surface area contributed by atoms with Crippen molar-refractivity contribution in [1.29, 1.82) is 0 Å². The summed E-state index contributed by atoms with van der Waals surface area (Å²) in [5.41, 5.74) is 0.970. The molecule has 0 aliphatic carbocycles. The molecule has 2 aromatic rings. The molecule has 1 aromatic carbocycles. The van der Waals surface area contributed by atoms with Crippen molar-refractivity contribution in [3.05, 3.63) is 42.4 Å². The van der Waals surface area contributed by atoms with Crippen molar-refractivity contribution in [2.75, 3.05) is 13.2 Å². The molecule has 2 rings (SSSR count). The summed E-state index contributed by atoms with van der Waals surface area (Å²) >= 11 is 0. The number of nitrogens with zero attached hydrogens (tertiary/aromatic N) is 1. The summed E-state index contributed by atoms with van der Waals surface area (Å²) in [6.07, 6.45) is 2.47. The van der Waals surface area contributed by atoms with E-state index in [1.165, 1.54) is 0 Å². The van der Waals surface area contributed by atoms with Crippen molar-refractivity contribution in [2.45, 2.75) is 19.8 Å². The standard InChI is InChI=1S/C16H20N2O3/c1-12(11-19)9-17-15(20)7-8-16-18-10-14(21-16)13-5-3-2-4-6-13/h2-6,10,12,19H,7-9,11H2,1H3,(H,17,20). The van der Waals surface area contributed by atoms with Crippen LogP contribution in [-0.4, -0.2) is 29.1 Å². The Labute approximate surface area is 124 Å². The van der Waals surface area contributed by atoms with Gasteiger partial charge < -0.3 is 14.8 Å². The van der Waals surface area contributed by atoms with E-state index in [0.717, 1.165) is 5.56 Å². The third-order valence-corrected chi connectivity index (χ3v) is 3.14. The van der Waals surface area contributed by atoms with Gasteiger partial charge in [0.15, 0.2) is 11.7 Å². The van der Waals surface area contributed by atoms with Gasteiger partial charge in [0.05, 0.1) is 6.20 Å². The fourth-order valence-electron chi connectivity index (χ4n) is 1.82. The van der Waals surface area contributed by atoms with E-state index in [2.05, 4.69) is 10.3 Å². The molecule has 0 bridgehead atoms. The monoisotopic (exact) mass is 288 g/mol. The Balaban J connectivity index is 1.82. The summed E-state index contributed by atoms with van der Waals surface area (Å²) in [6.45, 7) is 2.43. The molecule has 0 fully saturated rings. The lowest BCUT2D eigenvalue weighted by Crippen LogP contribution is -2.29. The highest BCUT2D eigenvalue weighted by Crippen LogP contribution is 2.20. The van der Waals surface area contributed by atoms with Crippen LogP contribution in [0.2, 0.25) is 0 Å². The molecule has 0 aliphatic heterocycles. The Kier molecular flexibility index (Phi) is 5.51. The quantitative estimate of drug-likeness (QED) is 0.817. The van der Waals surface area contributed by atoms with Crippen LogP contribution in [0, 0.1) is 5.92 Å². The summed E-state index contributed by atoms with van der Waals surface area (Å²) in [6, 6.07) is 9.72. The van der Waals surface area contributed by atoms with Gasteiger partial charge in [-0.15, -0.1) is 0 Å². The molecule has 0 saturated carbocycles. The van der Waals surface area contributed by atoms with Crippen molar-refractivity contribution in [2.24, 2.45) is 5.92 Å². The number of hydrogen-bond donors (Lipinski definition) is 2. The van der Waals surface area contributed by atoms with Crippen molar-refractivity contribution in [1.82, 2.24) is 10.3 Å². The van der Waals surface area contributed by atoms with Crippen LogP contribution in [0.25, 0.3) is 11.3 Å². The van der Waals surface area contributed by atoms with E-state index < -0.39 is 0 Å². The molecule has 2 N–H and O–H groups in total.